The Kier molecular flexibility index (Phi) is 5.65. The van der Waals surface area contributed by atoms with Gasteiger partial charge in [0, 0.05) is 61.5 Å². The maximum atomic E-state index is 14.4. The molecule has 0 N–H and O–H groups in total. The van der Waals surface area contributed by atoms with Gasteiger partial charge in [-0.25, -0.2) is 24.3 Å². The monoisotopic (exact) mass is 439 g/mol. The number of halogens is 2. The lowest BCUT2D eigenvalue weighted by molar-refractivity contribution is 0.0663. The lowest BCUT2D eigenvalue weighted by Crippen LogP contribution is -2.35. The summed E-state index contributed by atoms with van der Waals surface area (Å²) >= 11 is 0. The summed E-state index contributed by atoms with van der Waals surface area (Å²) in [4.78, 5) is 19.5. The minimum absolute atomic E-state index is 0.0816. The summed E-state index contributed by atoms with van der Waals surface area (Å²) in [7, 11) is 0. The lowest BCUT2D eigenvalue weighted by atomic mass is 9.98. The highest BCUT2D eigenvalue weighted by Crippen LogP contribution is 2.36. The molecule has 32 heavy (non-hydrogen) atoms. The zero-order valence-electron chi connectivity index (χ0n) is 17.7. The van der Waals surface area contributed by atoms with Crippen LogP contribution in [0.5, 0.6) is 5.75 Å². The van der Waals surface area contributed by atoms with Crippen molar-refractivity contribution in [2.45, 2.75) is 38.3 Å². The maximum Gasteiger partial charge on any atom is 0.200 e. The SMILES string of the molecule is CC1c2cnc(-c3ncccn3)nc2CCN1c1cc(F)c(F)c(OCC2CCCO2)c1. The van der Waals surface area contributed by atoms with E-state index in [0.29, 0.717) is 36.9 Å². The van der Waals surface area contributed by atoms with Gasteiger partial charge in [0.05, 0.1) is 17.8 Å². The molecule has 0 bridgehead atoms. The van der Waals surface area contributed by atoms with Gasteiger partial charge in [-0.3, -0.25) is 0 Å². The fourth-order valence-corrected chi connectivity index (χ4v) is 4.22. The molecule has 0 saturated carbocycles. The molecule has 9 heteroatoms. The number of hydrogen-bond donors (Lipinski definition) is 0. The molecule has 0 radical (unpaired) electrons. The first kappa shape index (κ1) is 20.7. The van der Waals surface area contributed by atoms with E-state index in [2.05, 4.69) is 19.9 Å². The van der Waals surface area contributed by atoms with E-state index in [1.54, 1.807) is 30.7 Å². The van der Waals surface area contributed by atoms with Crippen LogP contribution in [-0.2, 0) is 11.2 Å². The molecule has 0 aliphatic carbocycles. The van der Waals surface area contributed by atoms with Crippen molar-refractivity contribution in [3.05, 3.63) is 59.7 Å². The molecule has 2 atom stereocenters. The zero-order chi connectivity index (χ0) is 22.1. The van der Waals surface area contributed by atoms with Crippen molar-refractivity contribution in [1.29, 1.82) is 0 Å². The number of hydrogen-bond acceptors (Lipinski definition) is 7. The van der Waals surface area contributed by atoms with Crippen LogP contribution in [0, 0.1) is 11.6 Å². The molecule has 2 unspecified atom stereocenters. The molecule has 1 aromatic carbocycles. The molecular formula is C23H23F2N5O2. The summed E-state index contributed by atoms with van der Waals surface area (Å²) in [6.07, 6.45) is 7.43. The van der Waals surface area contributed by atoms with Gasteiger partial charge in [0.2, 0.25) is 5.82 Å². The van der Waals surface area contributed by atoms with Crippen molar-refractivity contribution in [3.63, 3.8) is 0 Å². The van der Waals surface area contributed by atoms with Crippen molar-refractivity contribution in [1.82, 2.24) is 19.9 Å². The van der Waals surface area contributed by atoms with E-state index in [-0.39, 0.29) is 24.5 Å². The zero-order valence-corrected chi connectivity index (χ0v) is 17.7. The third kappa shape index (κ3) is 4.00. The van der Waals surface area contributed by atoms with Crippen molar-refractivity contribution < 1.29 is 18.3 Å². The molecule has 1 fully saturated rings. The highest BCUT2D eigenvalue weighted by Gasteiger charge is 2.28. The van der Waals surface area contributed by atoms with Crippen LogP contribution in [0.4, 0.5) is 14.5 Å². The third-order valence-electron chi connectivity index (χ3n) is 5.93. The highest BCUT2D eigenvalue weighted by molar-refractivity contribution is 5.55. The topological polar surface area (TPSA) is 73.3 Å². The molecule has 1 saturated heterocycles. The van der Waals surface area contributed by atoms with E-state index in [4.69, 9.17) is 9.47 Å². The minimum Gasteiger partial charge on any atom is -0.488 e. The molecule has 2 aliphatic rings. The largest absolute Gasteiger partial charge is 0.488 e. The number of fused-ring (bicyclic) bond motifs is 1. The van der Waals surface area contributed by atoms with Crippen LogP contribution in [0.15, 0.2) is 36.8 Å². The van der Waals surface area contributed by atoms with Gasteiger partial charge in [-0.2, -0.15) is 4.39 Å². The molecule has 5 rings (SSSR count). The van der Waals surface area contributed by atoms with Gasteiger partial charge >= 0.3 is 0 Å². The van der Waals surface area contributed by atoms with E-state index < -0.39 is 11.6 Å². The van der Waals surface area contributed by atoms with Gasteiger partial charge in [-0.05, 0) is 25.8 Å². The second-order valence-electron chi connectivity index (χ2n) is 7.97. The first-order valence-electron chi connectivity index (χ1n) is 10.7. The Balaban J connectivity index is 1.39. The molecule has 2 aliphatic heterocycles. The van der Waals surface area contributed by atoms with Crippen molar-refractivity contribution in [2.24, 2.45) is 0 Å². The summed E-state index contributed by atoms with van der Waals surface area (Å²) in [5, 5.41) is 0. The average molecular weight is 439 g/mol. The summed E-state index contributed by atoms with van der Waals surface area (Å²) in [5.41, 5.74) is 2.39. The average Bonchev–Trinajstić information content (AvgIpc) is 3.34. The summed E-state index contributed by atoms with van der Waals surface area (Å²) in [5.74, 6) is -1.06. The van der Waals surface area contributed by atoms with E-state index in [1.165, 1.54) is 6.07 Å². The first-order chi connectivity index (χ1) is 15.6. The minimum atomic E-state index is -0.979. The Labute approximate surface area is 184 Å². The van der Waals surface area contributed by atoms with Crippen LogP contribution in [0.3, 0.4) is 0 Å². The van der Waals surface area contributed by atoms with Crippen LogP contribution >= 0.6 is 0 Å². The Bertz CT molecular complexity index is 1110. The van der Waals surface area contributed by atoms with Gasteiger partial charge in [-0.1, -0.05) is 0 Å². The fraction of sp³-hybridized carbons (Fsp3) is 0.391. The molecule has 2 aromatic heterocycles. The predicted molar refractivity (Wildman–Crippen MR) is 113 cm³/mol. The molecule has 0 amide bonds. The Morgan fingerprint density at radius 1 is 1.16 bits per heavy atom. The maximum absolute atomic E-state index is 14.4. The molecule has 166 valence electrons. The van der Waals surface area contributed by atoms with Crippen LogP contribution < -0.4 is 9.64 Å². The predicted octanol–water partition coefficient (Wildman–Crippen LogP) is 3.89. The number of rotatable bonds is 5. The van der Waals surface area contributed by atoms with E-state index >= 15 is 0 Å². The van der Waals surface area contributed by atoms with Crippen LogP contribution in [0.25, 0.3) is 11.6 Å². The third-order valence-corrected chi connectivity index (χ3v) is 5.93. The van der Waals surface area contributed by atoms with Crippen LogP contribution in [0.2, 0.25) is 0 Å². The van der Waals surface area contributed by atoms with E-state index in [1.807, 2.05) is 11.8 Å². The number of anilines is 1. The van der Waals surface area contributed by atoms with Gasteiger partial charge in [0.1, 0.15) is 6.61 Å². The molecule has 0 spiro atoms. The van der Waals surface area contributed by atoms with Gasteiger partial charge < -0.3 is 14.4 Å². The molecule has 4 heterocycles. The summed E-state index contributed by atoms with van der Waals surface area (Å²) < 4.78 is 39.9. The van der Waals surface area contributed by atoms with Gasteiger partial charge in [-0.15, -0.1) is 0 Å². The Morgan fingerprint density at radius 3 is 2.78 bits per heavy atom. The van der Waals surface area contributed by atoms with Crippen molar-refractivity contribution >= 4 is 5.69 Å². The standard InChI is InChI=1S/C23H23F2N5O2/c1-14-17-12-28-23(22-26-6-3-7-27-22)29-19(17)5-8-30(14)15-10-18(24)21(25)20(11-15)32-13-16-4-2-9-31-16/h3,6-7,10-12,14,16H,2,4-5,8-9,13H2,1H3. The number of ether oxygens (including phenoxy) is 2. The smallest absolute Gasteiger partial charge is 0.200 e. The van der Waals surface area contributed by atoms with E-state index in [9.17, 15) is 8.78 Å². The number of benzene rings is 1. The summed E-state index contributed by atoms with van der Waals surface area (Å²) in [6, 6.07) is 4.38. The second-order valence-corrected chi connectivity index (χ2v) is 7.97. The molecule has 7 nitrogen and oxygen atoms in total. The van der Waals surface area contributed by atoms with Crippen molar-refractivity contribution in [3.8, 4) is 17.4 Å². The van der Waals surface area contributed by atoms with Crippen molar-refractivity contribution in [2.75, 3.05) is 24.7 Å². The second kappa shape index (κ2) is 8.74. The summed E-state index contributed by atoms with van der Waals surface area (Å²) in [6.45, 7) is 3.47. The molecule has 3 aromatic rings. The van der Waals surface area contributed by atoms with Crippen LogP contribution in [-0.4, -0.2) is 45.8 Å². The molecular weight excluding hydrogens is 416 g/mol. The normalized spacial score (nSPS) is 20.3. The lowest BCUT2D eigenvalue weighted by Gasteiger charge is -2.36. The van der Waals surface area contributed by atoms with E-state index in [0.717, 1.165) is 24.1 Å². The fourth-order valence-electron chi connectivity index (χ4n) is 4.22. The quantitative estimate of drug-likeness (QED) is 0.597. The Hall–Kier alpha value is -3.20. The number of nitrogens with zero attached hydrogens (tertiary/aromatic N) is 5. The number of aromatic nitrogens is 4. The first-order valence-corrected chi connectivity index (χ1v) is 10.7. The van der Waals surface area contributed by atoms with Crippen LogP contribution in [0.1, 0.15) is 37.1 Å². The van der Waals surface area contributed by atoms with Gasteiger partial charge in [0.25, 0.3) is 0 Å². The van der Waals surface area contributed by atoms with Gasteiger partial charge in [0.15, 0.2) is 23.2 Å². The Morgan fingerprint density at radius 2 is 2.00 bits per heavy atom. The highest BCUT2D eigenvalue weighted by atomic mass is 19.2.